The highest BCUT2D eigenvalue weighted by Gasteiger charge is 2.27. The fraction of sp³-hybridized carbons (Fsp3) is 0.500. The van der Waals surface area contributed by atoms with Crippen molar-refractivity contribution in [3.8, 4) is 0 Å². The van der Waals surface area contributed by atoms with E-state index < -0.39 is 22.0 Å². The maximum absolute atomic E-state index is 12.5. The molecule has 0 saturated heterocycles. The SMILES string of the molecule is CCOC(=O)C(C)NS(=O)(=O)c1c(C)c(C)cc(N)c1C. The molecule has 0 aliphatic heterocycles. The van der Waals surface area contributed by atoms with Crippen molar-refractivity contribution in [2.45, 2.75) is 45.6 Å². The van der Waals surface area contributed by atoms with Gasteiger partial charge < -0.3 is 10.5 Å². The third-order valence-electron chi connectivity index (χ3n) is 3.32. The third kappa shape index (κ3) is 3.74. The normalized spacial score (nSPS) is 13.0. The van der Waals surface area contributed by atoms with Gasteiger partial charge in [0.15, 0.2) is 0 Å². The van der Waals surface area contributed by atoms with Crippen LogP contribution in [0.4, 0.5) is 5.69 Å². The van der Waals surface area contributed by atoms with Crippen LogP contribution >= 0.6 is 0 Å². The van der Waals surface area contributed by atoms with E-state index in [1.807, 2.05) is 0 Å². The van der Waals surface area contributed by atoms with Gasteiger partial charge in [0.05, 0.1) is 11.5 Å². The molecule has 21 heavy (non-hydrogen) atoms. The van der Waals surface area contributed by atoms with E-state index in [4.69, 9.17) is 10.5 Å². The number of sulfonamides is 1. The summed E-state index contributed by atoms with van der Waals surface area (Å²) in [6.07, 6.45) is 0. The van der Waals surface area contributed by atoms with Crippen molar-refractivity contribution in [2.24, 2.45) is 0 Å². The first-order valence-corrected chi connectivity index (χ1v) is 8.15. The highest BCUT2D eigenvalue weighted by Crippen LogP contribution is 2.27. The lowest BCUT2D eigenvalue weighted by Gasteiger charge is -2.18. The quantitative estimate of drug-likeness (QED) is 0.632. The summed E-state index contributed by atoms with van der Waals surface area (Å²) in [5.74, 6) is -0.614. The highest BCUT2D eigenvalue weighted by molar-refractivity contribution is 7.89. The Hall–Kier alpha value is -1.60. The molecule has 1 aromatic carbocycles. The van der Waals surface area contributed by atoms with E-state index in [2.05, 4.69) is 4.72 Å². The molecule has 1 unspecified atom stereocenters. The van der Waals surface area contributed by atoms with E-state index in [1.165, 1.54) is 6.92 Å². The molecule has 3 N–H and O–H groups in total. The molecule has 6 nitrogen and oxygen atoms in total. The Morgan fingerprint density at radius 3 is 2.43 bits per heavy atom. The van der Waals surface area contributed by atoms with Crippen LogP contribution in [-0.2, 0) is 19.6 Å². The Morgan fingerprint density at radius 2 is 1.90 bits per heavy atom. The zero-order chi connectivity index (χ0) is 16.4. The first kappa shape index (κ1) is 17.5. The molecule has 0 fully saturated rings. The van der Waals surface area contributed by atoms with Crippen LogP contribution in [0, 0.1) is 20.8 Å². The molecule has 0 heterocycles. The van der Waals surface area contributed by atoms with Gasteiger partial charge in [-0.3, -0.25) is 4.79 Å². The van der Waals surface area contributed by atoms with Crippen LogP contribution in [0.5, 0.6) is 0 Å². The second kappa shape index (κ2) is 6.44. The average molecular weight is 314 g/mol. The predicted octanol–water partition coefficient (Wildman–Crippen LogP) is 1.42. The van der Waals surface area contributed by atoms with E-state index >= 15 is 0 Å². The number of carbonyl (C=O) groups excluding carboxylic acids is 1. The van der Waals surface area contributed by atoms with Crippen LogP contribution in [0.3, 0.4) is 0 Å². The van der Waals surface area contributed by atoms with Crippen molar-refractivity contribution < 1.29 is 17.9 Å². The molecular weight excluding hydrogens is 292 g/mol. The summed E-state index contributed by atoms with van der Waals surface area (Å²) in [5.41, 5.74) is 8.12. The topological polar surface area (TPSA) is 98.5 Å². The van der Waals surface area contributed by atoms with Gasteiger partial charge in [0.1, 0.15) is 6.04 Å². The fourth-order valence-corrected chi connectivity index (χ4v) is 3.82. The van der Waals surface area contributed by atoms with E-state index in [0.29, 0.717) is 16.8 Å². The number of aryl methyl sites for hydroxylation is 1. The summed E-state index contributed by atoms with van der Waals surface area (Å²) >= 11 is 0. The highest BCUT2D eigenvalue weighted by atomic mass is 32.2. The standard InChI is InChI=1S/C14H22N2O4S/c1-6-20-14(17)11(5)16-21(18,19)13-9(3)8(2)7-12(15)10(13)4/h7,11,16H,6,15H2,1-5H3. The number of nitrogens with one attached hydrogen (secondary N) is 1. The van der Waals surface area contributed by atoms with Gasteiger partial charge in [-0.15, -0.1) is 0 Å². The maximum Gasteiger partial charge on any atom is 0.323 e. The largest absolute Gasteiger partial charge is 0.465 e. The minimum Gasteiger partial charge on any atom is -0.465 e. The molecule has 1 aromatic rings. The number of anilines is 1. The van der Waals surface area contributed by atoms with Crippen LogP contribution in [0.25, 0.3) is 0 Å². The number of hydrogen-bond donors (Lipinski definition) is 2. The number of esters is 1. The summed E-state index contributed by atoms with van der Waals surface area (Å²) < 4.78 is 32.2. The van der Waals surface area contributed by atoms with Crippen LogP contribution in [0.2, 0.25) is 0 Å². The summed E-state index contributed by atoms with van der Waals surface area (Å²) in [6, 6.07) is 0.772. The number of nitrogen functional groups attached to an aromatic ring is 1. The Bertz CT molecular complexity index is 627. The molecule has 1 rings (SSSR count). The molecule has 7 heteroatoms. The van der Waals surface area contributed by atoms with Gasteiger partial charge >= 0.3 is 5.97 Å². The van der Waals surface area contributed by atoms with Crippen LogP contribution < -0.4 is 10.5 Å². The van der Waals surface area contributed by atoms with E-state index in [9.17, 15) is 13.2 Å². The smallest absolute Gasteiger partial charge is 0.323 e. The molecule has 1 atom stereocenters. The Kier molecular flexibility index (Phi) is 5.36. The molecular formula is C14H22N2O4S. The molecule has 0 aromatic heterocycles. The maximum atomic E-state index is 12.5. The molecule has 0 radical (unpaired) electrons. The average Bonchev–Trinajstić information content (AvgIpc) is 2.36. The number of benzene rings is 1. The molecule has 0 spiro atoms. The third-order valence-corrected chi connectivity index (χ3v) is 5.13. The van der Waals surface area contributed by atoms with Gasteiger partial charge in [-0.05, 0) is 57.4 Å². The van der Waals surface area contributed by atoms with E-state index in [1.54, 1.807) is 33.8 Å². The first-order valence-electron chi connectivity index (χ1n) is 6.67. The van der Waals surface area contributed by atoms with E-state index in [0.717, 1.165) is 5.56 Å². The van der Waals surface area contributed by atoms with Crippen molar-refractivity contribution in [1.82, 2.24) is 4.72 Å². The number of nitrogens with two attached hydrogens (primary N) is 1. The fourth-order valence-electron chi connectivity index (χ4n) is 2.05. The van der Waals surface area contributed by atoms with Gasteiger partial charge in [-0.25, -0.2) is 8.42 Å². The van der Waals surface area contributed by atoms with Gasteiger partial charge in [-0.1, -0.05) is 0 Å². The molecule has 0 amide bonds. The minimum atomic E-state index is -3.86. The summed E-state index contributed by atoms with van der Waals surface area (Å²) in [6.45, 7) is 8.45. The molecule has 0 aliphatic rings. The molecule has 0 bridgehead atoms. The predicted molar refractivity (Wildman–Crippen MR) is 81.5 cm³/mol. The van der Waals surface area contributed by atoms with Crippen molar-refractivity contribution >= 4 is 21.7 Å². The molecule has 118 valence electrons. The minimum absolute atomic E-state index is 0.121. The molecule has 0 aliphatic carbocycles. The number of hydrogen-bond acceptors (Lipinski definition) is 5. The van der Waals surface area contributed by atoms with Crippen LogP contribution in [0.15, 0.2) is 11.0 Å². The van der Waals surface area contributed by atoms with Gasteiger partial charge in [0, 0.05) is 5.69 Å². The molecule has 0 saturated carbocycles. The lowest BCUT2D eigenvalue weighted by molar-refractivity contribution is -0.144. The van der Waals surface area contributed by atoms with Gasteiger partial charge in [-0.2, -0.15) is 4.72 Å². The number of rotatable bonds is 5. The van der Waals surface area contributed by atoms with Crippen molar-refractivity contribution in [3.05, 3.63) is 22.8 Å². The van der Waals surface area contributed by atoms with E-state index in [-0.39, 0.29) is 11.5 Å². The number of ether oxygens (including phenoxy) is 1. The lowest BCUT2D eigenvalue weighted by Crippen LogP contribution is -2.40. The Labute approximate surface area is 125 Å². The second-order valence-corrected chi connectivity index (χ2v) is 6.61. The Morgan fingerprint density at radius 1 is 1.33 bits per heavy atom. The van der Waals surface area contributed by atoms with Crippen molar-refractivity contribution in [2.75, 3.05) is 12.3 Å². The second-order valence-electron chi connectivity index (χ2n) is 4.96. The first-order chi connectivity index (χ1) is 9.61. The monoisotopic (exact) mass is 314 g/mol. The van der Waals surface area contributed by atoms with Crippen LogP contribution in [-0.4, -0.2) is 27.0 Å². The van der Waals surface area contributed by atoms with Crippen molar-refractivity contribution in [1.29, 1.82) is 0 Å². The summed E-state index contributed by atoms with van der Waals surface area (Å²) in [7, 11) is -3.86. The van der Waals surface area contributed by atoms with Gasteiger partial charge in [0.25, 0.3) is 0 Å². The summed E-state index contributed by atoms with van der Waals surface area (Å²) in [5, 5.41) is 0. The van der Waals surface area contributed by atoms with Crippen molar-refractivity contribution in [3.63, 3.8) is 0 Å². The summed E-state index contributed by atoms with van der Waals surface area (Å²) in [4.78, 5) is 11.7. The van der Waals surface area contributed by atoms with Crippen LogP contribution in [0.1, 0.15) is 30.5 Å². The van der Waals surface area contributed by atoms with Gasteiger partial charge in [0.2, 0.25) is 10.0 Å². The number of carbonyl (C=O) groups is 1. The zero-order valence-electron chi connectivity index (χ0n) is 13.0. The zero-order valence-corrected chi connectivity index (χ0v) is 13.8. The Balaban J connectivity index is 3.24. The lowest BCUT2D eigenvalue weighted by atomic mass is 10.1.